The van der Waals surface area contributed by atoms with E-state index < -0.39 is 19.2 Å². The highest BCUT2D eigenvalue weighted by molar-refractivity contribution is 5.27. The Labute approximate surface area is 114 Å². The minimum atomic E-state index is -4.28. The molecule has 1 rings (SSSR count). The zero-order valence-electron chi connectivity index (χ0n) is 11.5. The fourth-order valence-corrected chi connectivity index (χ4v) is 1.16. The van der Waals surface area contributed by atoms with Crippen molar-refractivity contribution in [3.8, 4) is 12.0 Å². The van der Waals surface area contributed by atoms with Gasteiger partial charge in [0, 0.05) is 6.54 Å². The first-order chi connectivity index (χ1) is 9.30. The Morgan fingerprint density at radius 2 is 1.80 bits per heavy atom. The lowest BCUT2D eigenvalue weighted by atomic mass is 10.4. The zero-order chi connectivity index (χ0) is 15.2. The number of aromatic nitrogens is 3. The van der Waals surface area contributed by atoms with Crippen molar-refractivity contribution in [2.24, 2.45) is 0 Å². The number of hydrogen-bond donors (Lipinski definition) is 1. The summed E-state index contributed by atoms with van der Waals surface area (Å²) < 4.78 is 46.3. The molecule has 0 aliphatic rings. The van der Waals surface area contributed by atoms with Crippen molar-refractivity contribution in [1.29, 1.82) is 0 Å². The Morgan fingerprint density at radius 1 is 1.15 bits per heavy atom. The summed E-state index contributed by atoms with van der Waals surface area (Å²) in [6.45, 7) is 5.38. The van der Waals surface area contributed by atoms with E-state index >= 15 is 0 Å². The second-order valence-electron chi connectivity index (χ2n) is 4.13. The van der Waals surface area contributed by atoms with Gasteiger partial charge in [-0.1, -0.05) is 0 Å². The summed E-state index contributed by atoms with van der Waals surface area (Å²) in [6.07, 6.45) is -5.53. The van der Waals surface area contributed by atoms with Crippen molar-refractivity contribution in [2.75, 3.05) is 18.5 Å². The van der Waals surface area contributed by atoms with E-state index in [0.717, 1.165) is 0 Å². The third kappa shape index (κ3) is 6.39. The summed E-state index contributed by atoms with van der Waals surface area (Å²) in [4.78, 5) is 11.6. The highest BCUT2D eigenvalue weighted by atomic mass is 19.4. The first kappa shape index (κ1) is 16.3. The SMILES string of the molecule is CCNc1nc(OCCC(F)(F)F)nc(OC(C)C)n1. The molecule has 0 radical (unpaired) electrons. The molecule has 0 aliphatic heterocycles. The molecule has 20 heavy (non-hydrogen) atoms. The molecule has 1 heterocycles. The van der Waals surface area contributed by atoms with Crippen molar-refractivity contribution < 1.29 is 22.6 Å². The zero-order valence-corrected chi connectivity index (χ0v) is 11.5. The van der Waals surface area contributed by atoms with Crippen LogP contribution >= 0.6 is 0 Å². The van der Waals surface area contributed by atoms with Gasteiger partial charge >= 0.3 is 18.2 Å². The standard InChI is InChI=1S/C11H17F3N4O2/c1-4-15-8-16-9(19-6-5-11(12,13)14)18-10(17-8)20-7(2)3/h7H,4-6H2,1-3H3,(H,15,16,17,18). The van der Waals surface area contributed by atoms with Crippen molar-refractivity contribution in [2.45, 2.75) is 39.5 Å². The second-order valence-corrected chi connectivity index (χ2v) is 4.13. The van der Waals surface area contributed by atoms with E-state index in [-0.39, 0.29) is 24.1 Å². The van der Waals surface area contributed by atoms with E-state index in [9.17, 15) is 13.2 Å². The largest absolute Gasteiger partial charge is 0.463 e. The fraction of sp³-hybridized carbons (Fsp3) is 0.727. The molecule has 0 amide bonds. The normalized spacial score (nSPS) is 11.6. The molecule has 0 aliphatic carbocycles. The van der Waals surface area contributed by atoms with Crippen LogP contribution in [0.15, 0.2) is 0 Å². The number of anilines is 1. The molecule has 0 atom stereocenters. The van der Waals surface area contributed by atoms with Gasteiger partial charge in [0.25, 0.3) is 0 Å². The van der Waals surface area contributed by atoms with Gasteiger partial charge in [0.15, 0.2) is 0 Å². The van der Waals surface area contributed by atoms with Gasteiger partial charge in [0.1, 0.15) is 6.61 Å². The van der Waals surface area contributed by atoms with Crippen molar-refractivity contribution in [3.05, 3.63) is 0 Å². The highest BCUT2D eigenvalue weighted by Gasteiger charge is 2.27. The number of nitrogens with zero attached hydrogens (tertiary/aromatic N) is 3. The topological polar surface area (TPSA) is 69.2 Å². The van der Waals surface area contributed by atoms with Gasteiger partial charge in [0.05, 0.1) is 12.5 Å². The molecule has 0 saturated carbocycles. The van der Waals surface area contributed by atoms with E-state index in [1.54, 1.807) is 13.8 Å². The van der Waals surface area contributed by atoms with Gasteiger partial charge < -0.3 is 14.8 Å². The first-order valence-corrected chi connectivity index (χ1v) is 6.16. The molecule has 1 aromatic rings. The summed E-state index contributed by atoms with van der Waals surface area (Å²) in [7, 11) is 0. The Balaban J connectivity index is 2.74. The van der Waals surface area contributed by atoms with Crippen molar-refractivity contribution in [3.63, 3.8) is 0 Å². The number of nitrogens with one attached hydrogen (secondary N) is 1. The van der Waals surface area contributed by atoms with E-state index in [1.807, 2.05) is 6.92 Å². The van der Waals surface area contributed by atoms with Crippen LogP contribution in [0.1, 0.15) is 27.2 Å². The minimum absolute atomic E-state index is 0.00737. The van der Waals surface area contributed by atoms with E-state index in [0.29, 0.717) is 6.54 Å². The molecule has 0 saturated heterocycles. The lowest BCUT2D eigenvalue weighted by Gasteiger charge is -2.11. The number of ether oxygens (including phenoxy) is 2. The summed E-state index contributed by atoms with van der Waals surface area (Å²) >= 11 is 0. The maximum absolute atomic E-state index is 12.0. The minimum Gasteiger partial charge on any atom is -0.463 e. The molecule has 0 bridgehead atoms. The summed E-state index contributed by atoms with van der Waals surface area (Å²) in [5.41, 5.74) is 0. The maximum atomic E-state index is 12.0. The Kier molecular flexibility index (Phi) is 5.78. The highest BCUT2D eigenvalue weighted by Crippen LogP contribution is 2.20. The Bertz CT molecular complexity index is 427. The lowest BCUT2D eigenvalue weighted by Crippen LogP contribution is -2.16. The van der Waals surface area contributed by atoms with Crippen LogP contribution in [-0.4, -0.2) is 40.4 Å². The van der Waals surface area contributed by atoms with Crippen LogP contribution in [0, 0.1) is 0 Å². The van der Waals surface area contributed by atoms with Crippen LogP contribution in [0.2, 0.25) is 0 Å². The molecule has 9 heteroatoms. The van der Waals surface area contributed by atoms with Crippen LogP contribution in [0.4, 0.5) is 19.1 Å². The second kappa shape index (κ2) is 7.11. The van der Waals surface area contributed by atoms with Gasteiger partial charge in [-0.15, -0.1) is 4.98 Å². The molecule has 0 unspecified atom stereocenters. The lowest BCUT2D eigenvalue weighted by molar-refractivity contribution is -0.139. The first-order valence-electron chi connectivity index (χ1n) is 6.16. The third-order valence-electron chi connectivity index (χ3n) is 1.89. The van der Waals surface area contributed by atoms with E-state index in [4.69, 9.17) is 9.47 Å². The Hall–Kier alpha value is -1.80. The molecule has 0 aromatic carbocycles. The average molecular weight is 294 g/mol. The van der Waals surface area contributed by atoms with Crippen molar-refractivity contribution in [1.82, 2.24) is 15.0 Å². The van der Waals surface area contributed by atoms with Crippen LogP contribution in [0.5, 0.6) is 12.0 Å². The molecule has 6 nitrogen and oxygen atoms in total. The maximum Gasteiger partial charge on any atom is 0.392 e. The fourth-order valence-electron chi connectivity index (χ4n) is 1.16. The molecule has 0 spiro atoms. The third-order valence-corrected chi connectivity index (χ3v) is 1.89. The molecule has 1 N–H and O–H groups in total. The van der Waals surface area contributed by atoms with Crippen molar-refractivity contribution >= 4 is 5.95 Å². The van der Waals surface area contributed by atoms with Crippen LogP contribution in [-0.2, 0) is 0 Å². The molecular formula is C11H17F3N4O2. The van der Waals surface area contributed by atoms with Gasteiger partial charge in [-0.2, -0.15) is 23.1 Å². The quantitative estimate of drug-likeness (QED) is 0.833. The monoisotopic (exact) mass is 294 g/mol. The number of hydrogen-bond acceptors (Lipinski definition) is 6. The molecular weight excluding hydrogens is 277 g/mol. The van der Waals surface area contributed by atoms with Crippen LogP contribution < -0.4 is 14.8 Å². The van der Waals surface area contributed by atoms with Gasteiger partial charge in [-0.3, -0.25) is 0 Å². The molecule has 1 aromatic heterocycles. The average Bonchev–Trinajstić information content (AvgIpc) is 2.26. The summed E-state index contributed by atoms with van der Waals surface area (Å²) in [5.74, 6) is 0.195. The molecule has 0 fully saturated rings. The number of halogens is 3. The van der Waals surface area contributed by atoms with Crippen LogP contribution in [0.25, 0.3) is 0 Å². The predicted molar refractivity (Wildman–Crippen MR) is 65.9 cm³/mol. The Morgan fingerprint density at radius 3 is 2.35 bits per heavy atom. The summed E-state index contributed by atoms with van der Waals surface area (Å²) in [5, 5.41) is 2.82. The number of alkyl halides is 3. The molecule has 114 valence electrons. The van der Waals surface area contributed by atoms with E-state index in [1.165, 1.54) is 0 Å². The summed E-state index contributed by atoms with van der Waals surface area (Å²) in [6, 6.07) is -0.191. The predicted octanol–water partition coefficient (Wildman–Crippen LogP) is 2.42. The van der Waals surface area contributed by atoms with Crippen LogP contribution in [0.3, 0.4) is 0 Å². The number of rotatable bonds is 7. The van der Waals surface area contributed by atoms with Gasteiger partial charge in [-0.25, -0.2) is 0 Å². The smallest absolute Gasteiger partial charge is 0.392 e. The van der Waals surface area contributed by atoms with E-state index in [2.05, 4.69) is 20.3 Å². The van der Waals surface area contributed by atoms with Gasteiger partial charge in [-0.05, 0) is 20.8 Å². The van der Waals surface area contributed by atoms with Gasteiger partial charge in [0.2, 0.25) is 5.95 Å².